The third-order valence-electron chi connectivity index (χ3n) is 5.12. The highest BCUT2D eigenvalue weighted by Crippen LogP contribution is 2.26. The first-order valence-corrected chi connectivity index (χ1v) is 8.88. The first kappa shape index (κ1) is 16.6. The van der Waals surface area contributed by atoms with Gasteiger partial charge in [-0.2, -0.15) is 5.10 Å². The first-order valence-electron chi connectivity index (χ1n) is 8.88. The van der Waals surface area contributed by atoms with E-state index in [2.05, 4.69) is 46.2 Å². The van der Waals surface area contributed by atoms with Crippen molar-refractivity contribution in [2.75, 3.05) is 0 Å². The van der Waals surface area contributed by atoms with Gasteiger partial charge in [0.1, 0.15) is 0 Å². The van der Waals surface area contributed by atoms with E-state index in [4.69, 9.17) is 0 Å². The van der Waals surface area contributed by atoms with Gasteiger partial charge >= 0.3 is 5.97 Å². The van der Waals surface area contributed by atoms with E-state index in [1.54, 1.807) is 10.8 Å². The monoisotopic (exact) mass is 350 g/mol. The number of aromatic nitrogens is 3. The molecule has 1 atom stereocenters. The van der Waals surface area contributed by atoms with Crippen LogP contribution in [0.15, 0.2) is 43.1 Å². The van der Waals surface area contributed by atoms with Gasteiger partial charge in [0.2, 0.25) is 0 Å². The van der Waals surface area contributed by atoms with Crippen LogP contribution in [0.4, 0.5) is 0 Å². The summed E-state index contributed by atoms with van der Waals surface area (Å²) in [6.45, 7) is 5.04. The Morgan fingerprint density at radius 3 is 3.15 bits per heavy atom. The molecule has 0 amide bonds. The topological polar surface area (TPSA) is 82.9 Å². The fraction of sp³-hybridized carbons (Fsp3) is 0.300. The van der Waals surface area contributed by atoms with Gasteiger partial charge in [0.15, 0.2) is 5.69 Å². The minimum absolute atomic E-state index is 0.182. The maximum atomic E-state index is 11.6. The van der Waals surface area contributed by atoms with Crippen LogP contribution in [-0.4, -0.2) is 31.9 Å². The van der Waals surface area contributed by atoms with E-state index in [1.807, 2.05) is 6.20 Å². The van der Waals surface area contributed by atoms with Crippen molar-refractivity contribution >= 4 is 16.9 Å². The molecule has 6 nitrogen and oxygen atoms in total. The first-order chi connectivity index (χ1) is 12.7. The SMILES string of the molecule is C=CCn1nc(C(=O)O)c2c1CCC(NCc1cccc3[nH]ccc13)C2. The van der Waals surface area contributed by atoms with Gasteiger partial charge in [0.05, 0.1) is 6.54 Å². The second-order valence-electron chi connectivity index (χ2n) is 6.73. The van der Waals surface area contributed by atoms with Crippen molar-refractivity contribution in [1.29, 1.82) is 0 Å². The molecule has 0 radical (unpaired) electrons. The number of hydrogen-bond donors (Lipinski definition) is 3. The molecule has 6 heteroatoms. The predicted molar refractivity (Wildman–Crippen MR) is 100 cm³/mol. The fourth-order valence-corrected chi connectivity index (χ4v) is 3.87. The molecule has 0 saturated carbocycles. The summed E-state index contributed by atoms with van der Waals surface area (Å²) in [5, 5.41) is 18.6. The van der Waals surface area contributed by atoms with Gasteiger partial charge in [-0.3, -0.25) is 4.68 Å². The van der Waals surface area contributed by atoms with E-state index < -0.39 is 5.97 Å². The summed E-state index contributed by atoms with van der Waals surface area (Å²) in [5.74, 6) is -0.957. The van der Waals surface area contributed by atoms with Gasteiger partial charge in [0, 0.05) is 40.9 Å². The summed E-state index contributed by atoms with van der Waals surface area (Å²) in [7, 11) is 0. The number of benzene rings is 1. The molecule has 1 aliphatic rings. The highest BCUT2D eigenvalue weighted by molar-refractivity contribution is 5.87. The van der Waals surface area contributed by atoms with Crippen LogP contribution in [0.5, 0.6) is 0 Å². The van der Waals surface area contributed by atoms with Crippen molar-refractivity contribution in [1.82, 2.24) is 20.1 Å². The van der Waals surface area contributed by atoms with Crippen LogP contribution in [-0.2, 0) is 25.9 Å². The van der Waals surface area contributed by atoms with Crippen LogP contribution >= 0.6 is 0 Å². The number of carbonyl (C=O) groups is 1. The number of allylic oxidation sites excluding steroid dienone is 1. The molecule has 1 unspecified atom stereocenters. The molecule has 1 aromatic carbocycles. The van der Waals surface area contributed by atoms with E-state index in [0.717, 1.165) is 36.2 Å². The van der Waals surface area contributed by atoms with Crippen molar-refractivity contribution in [3.8, 4) is 0 Å². The van der Waals surface area contributed by atoms with Crippen LogP contribution in [0.3, 0.4) is 0 Å². The van der Waals surface area contributed by atoms with Gasteiger partial charge in [0.25, 0.3) is 0 Å². The number of nitrogens with zero attached hydrogens (tertiary/aromatic N) is 2. The summed E-state index contributed by atoms with van der Waals surface area (Å²) in [6, 6.07) is 8.58. The lowest BCUT2D eigenvalue weighted by molar-refractivity contribution is 0.0688. The lowest BCUT2D eigenvalue weighted by Crippen LogP contribution is -2.34. The van der Waals surface area contributed by atoms with Gasteiger partial charge < -0.3 is 15.4 Å². The minimum Gasteiger partial charge on any atom is -0.476 e. The molecule has 0 spiro atoms. The summed E-state index contributed by atoms with van der Waals surface area (Å²) in [6.07, 6.45) is 6.19. The Balaban J connectivity index is 1.52. The van der Waals surface area contributed by atoms with Crippen molar-refractivity contribution < 1.29 is 9.90 Å². The zero-order valence-corrected chi connectivity index (χ0v) is 14.5. The molecule has 3 aromatic rings. The molecule has 2 heterocycles. The number of hydrogen-bond acceptors (Lipinski definition) is 3. The number of carboxylic acid groups (broad SMARTS) is 1. The quantitative estimate of drug-likeness (QED) is 0.597. The van der Waals surface area contributed by atoms with E-state index in [-0.39, 0.29) is 11.7 Å². The number of aromatic carboxylic acids is 1. The number of nitrogens with one attached hydrogen (secondary N) is 2. The lowest BCUT2D eigenvalue weighted by atomic mass is 9.91. The zero-order chi connectivity index (χ0) is 18.1. The van der Waals surface area contributed by atoms with Crippen LogP contribution in [0.1, 0.15) is 33.7 Å². The molecule has 4 rings (SSSR count). The maximum absolute atomic E-state index is 11.6. The molecule has 134 valence electrons. The van der Waals surface area contributed by atoms with Crippen LogP contribution in [0, 0.1) is 0 Å². The molecule has 3 N–H and O–H groups in total. The highest BCUT2D eigenvalue weighted by Gasteiger charge is 2.28. The molecule has 0 fully saturated rings. The van der Waals surface area contributed by atoms with Gasteiger partial charge in [-0.1, -0.05) is 18.2 Å². The third kappa shape index (κ3) is 2.93. The number of fused-ring (bicyclic) bond motifs is 2. The molecule has 1 aliphatic carbocycles. The second kappa shape index (κ2) is 6.80. The van der Waals surface area contributed by atoms with Crippen LogP contribution < -0.4 is 5.32 Å². The molecule has 26 heavy (non-hydrogen) atoms. The van der Waals surface area contributed by atoms with Gasteiger partial charge in [-0.15, -0.1) is 6.58 Å². The Kier molecular flexibility index (Phi) is 4.34. The zero-order valence-electron chi connectivity index (χ0n) is 14.5. The Labute approximate surface area is 151 Å². The second-order valence-corrected chi connectivity index (χ2v) is 6.73. The Hall–Kier alpha value is -2.86. The smallest absolute Gasteiger partial charge is 0.356 e. The fourth-order valence-electron chi connectivity index (χ4n) is 3.87. The molecular weight excluding hydrogens is 328 g/mol. The summed E-state index contributed by atoms with van der Waals surface area (Å²) < 4.78 is 1.78. The van der Waals surface area contributed by atoms with Gasteiger partial charge in [-0.25, -0.2) is 4.79 Å². The Morgan fingerprint density at radius 1 is 1.46 bits per heavy atom. The third-order valence-corrected chi connectivity index (χ3v) is 5.12. The molecular formula is C20H22N4O2. The maximum Gasteiger partial charge on any atom is 0.356 e. The number of aromatic amines is 1. The van der Waals surface area contributed by atoms with Crippen molar-refractivity contribution in [3.05, 3.63) is 65.6 Å². The van der Waals surface area contributed by atoms with Crippen LogP contribution in [0.25, 0.3) is 10.9 Å². The molecule has 0 bridgehead atoms. The average Bonchev–Trinajstić information content (AvgIpc) is 3.25. The summed E-state index contributed by atoms with van der Waals surface area (Å²) in [4.78, 5) is 14.8. The number of rotatable bonds is 6. The average molecular weight is 350 g/mol. The summed E-state index contributed by atoms with van der Waals surface area (Å²) in [5.41, 5.74) is 4.46. The largest absolute Gasteiger partial charge is 0.476 e. The molecule has 0 saturated heterocycles. The summed E-state index contributed by atoms with van der Waals surface area (Å²) >= 11 is 0. The lowest BCUT2D eigenvalue weighted by Gasteiger charge is -2.24. The predicted octanol–water partition coefficient (Wildman–Crippen LogP) is 2.90. The minimum atomic E-state index is -0.957. The van der Waals surface area contributed by atoms with E-state index in [0.29, 0.717) is 13.0 Å². The standard InChI is InChI=1S/C20H22N4O2/c1-2-10-24-18-7-6-14(11-16(18)19(23-24)20(25)26)22-12-13-4-3-5-17-15(13)8-9-21-17/h2-5,8-9,14,21-22H,1,6-7,10-12H2,(H,25,26). The Bertz CT molecular complexity index is 970. The molecule has 2 aromatic heterocycles. The van der Waals surface area contributed by atoms with Gasteiger partial charge in [-0.05, 0) is 37.0 Å². The normalized spacial score (nSPS) is 16.5. The van der Waals surface area contributed by atoms with Crippen molar-refractivity contribution in [2.24, 2.45) is 0 Å². The number of H-pyrrole nitrogens is 1. The number of carboxylic acids is 1. The Morgan fingerprint density at radius 2 is 2.35 bits per heavy atom. The van der Waals surface area contributed by atoms with E-state index >= 15 is 0 Å². The highest BCUT2D eigenvalue weighted by atomic mass is 16.4. The van der Waals surface area contributed by atoms with Crippen molar-refractivity contribution in [2.45, 2.75) is 38.4 Å². The van der Waals surface area contributed by atoms with Crippen LogP contribution in [0.2, 0.25) is 0 Å². The van der Waals surface area contributed by atoms with E-state index in [1.165, 1.54) is 10.9 Å². The van der Waals surface area contributed by atoms with Crippen molar-refractivity contribution in [3.63, 3.8) is 0 Å². The van der Waals surface area contributed by atoms with E-state index in [9.17, 15) is 9.90 Å². The molecule has 0 aliphatic heterocycles.